The summed E-state index contributed by atoms with van der Waals surface area (Å²) >= 11 is 0. The SMILES string of the molecule is CN1CCCC(C)(F)C1(F)F. The van der Waals surface area contributed by atoms with Crippen LogP contribution in [0.2, 0.25) is 0 Å². The highest BCUT2D eigenvalue weighted by Crippen LogP contribution is 2.41. The minimum absolute atomic E-state index is 0.0513. The summed E-state index contributed by atoms with van der Waals surface area (Å²) in [6.45, 7) is 1.23. The second kappa shape index (κ2) is 2.37. The zero-order valence-electron chi connectivity index (χ0n) is 6.70. The monoisotopic (exact) mass is 167 g/mol. The van der Waals surface area contributed by atoms with Crippen LogP contribution in [0.3, 0.4) is 0 Å². The molecule has 1 atom stereocenters. The predicted molar refractivity (Wildman–Crippen MR) is 36.3 cm³/mol. The zero-order chi connectivity index (χ0) is 8.70. The van der Waals surface area contributed by atoms with Crippen LogP contribution < -0.4 is 0 Å². The van der Waals surface area contributed by atoms with Crippen LogP contribution in [0, 0.1) is 0 Å². The molecule has 11 heavy (non-hydrogen) atoms. The van der Waals surface area contributed by atoms with Crippen molar-refractivity contribution in [3.05, 3.63) is 0 Å². The molecule has 1 aliphatic heterocycles. The molecule has 1 fully saturated rings. The number of rotatable bonds is 0. The zero-order valence-corrected chi connectivity index (χ0v) is 6.70. The van der Waals surface area contributed by atoms with Gasteiger partial charge in [-0.25, -0.2) is 9.29 Å². The van der Waals surface area contributed by atoms with Crippen molar-refractivity contribution in [3.63, 3.8) is 0 Å². The van der Waals surface area contributed by atoms with E-state index in [9.17, 15) is 13.2 Å². The average molecular weight is 167 g/mol. The third-order valence-electron chi connectivity index (χ3n) is 2.25. The molecule has 0 spiro atoms. The molecule has 0 aliphatic carbocycles. The Bertz CT molecular complexity index is 156. The Labute approximate surface area is 64.2 Å². The van der Waals surface area contributed by atoms with Gasteiger partial charge >= 0.3 is 6.05 Å². The third-order valence-corrected chi connectivity index (χ3v) is 2.25. The molecule has 1 nitrogen and oxygen atoms in total. The largest absolute Gasteiger partial charge is 0.338 e. The van der Waals surface area contributed by atoms with E-state index in [0.717, 1.165) is 11.8 Å². The van der Waals surface area contributed by atoms with Gasteiger partial charge in [0.05, 0.1) is 0 Å². The van der Waals surface area contributed by atoms with Crippen LogP contribution >= 0.6 is 0 Å². The molecule has 1 aliphatic rings. The van der Waals surface area contributed by atoms with Crippen LogP contribution in [0.15, 0.2) is 0 Å². The summed E-state index contributed by atoms with van der Waals surface area (Å²) in [5.74, 6) is 0. The van der Waals surface area contributed by atoms with E-state index >= 15 is 0 Å². The molecule has 0 amide bonds. The highest BCUT2D eigenvalue weighted by atomic mass is 19.3. The summed E-state index contributed by atoms with van der Waals surface area (Å²) in [4.78, 5) is 0.774. The standard InChI is InChI=1S/C7H12F3N/c1-6(8)4-3-5-11(2)7(6,9)10/h3-5H2,1-2H3. The van der Waals surface area contributed by atoms with Crippen molar-refractivity contribution >= 4 is 0 Å². The molecule has 1 heterocycles. The number of hydrogen-bond acceptors (Lipinski definition) is 1. The molecule has 0 N–H and O–H groups in total. The molecule has 1 rings (SSSR count). The van der Waals surface area contributed by atoms with Crippen molar-refractivity contribution in [2.75, 3.05) is 13.6 Å². The van der Waals surface area contributed by atoms with Gasteiger partial charge in [-0.1, -0.05) is 0 Å². The van der Waals surface area contributed by atoms with E-state index in [1.165, 1.54) is 7.05 Å². The van der Waals surface area contributed by atoms with Gasteiger partial charge in [-0.2, -0.15) is 8.78 Å². The fourth-order valence-electron chi connectivity index (χ4n) is 1.34. The van der Waals surface area contributed by atoms with E-state index in [-0.39, 0.29) is 13.0 Å². The molecule has 0 aromatic rings. The average Bonchev–Trinajstić information content (AvgIpc) is 1.84. The minimum atomic E-state index is -3.30. The van der Waals surface area contributed by atoms with Gasteiger partial charge in [0.25, 0.3) is 0 Å². The van der Waals surface area contributed by atoms with Gasteiger partial charge in [0.1, 0.15) is 0 Å². The molecule has 0 aromatic carbocycles. The Morgan fingerprint density at radius 3 is 2.18 bits per heavy atom. The lowest BCUT2D eigenvalue weighted by molar-refractivity contribution is -0.241. The molecular weight excluding hydrogens is 155 g/mol. The van der Waals surface area contributed by atoms with Crippen LogP contribution in [0.4, 0.5) is 13.2 Å². The topological polar surface area (TPSA) is 3.24 Å². The number of halogens is 3. The van der Waals surface area contributed by atoms with E-state index in [0.29, 0.717) is 6.42 Å². The fourth-order valence-corrected chi connectivity index (χ4v) is 1.34. The van der Waals surface area contributed by atoms with Gasteiger partial charge in [0, 0.05) is 6.54 Å². The summed E-state index contributed by atoms with van der Waals surface area (Å²) in [5.41, 5.74) is -2.36. The molecule has 0 aromatic heterocycles. The predicted octanol–water partition coefficient (Wildman–Crippen LogP) is 2.03. The summed E-state index contributed by atoms with van der Waals surface area (Å²) in [7, 11) is 1.25. The normalized spacial score (nSPS) is 39.0. The first-order valence-corrected chi connectivity index (χ1v) is 3.66. The number of hydrogen-bond donors (Lipinski definition) is 0. The van der Waals surface area contributed by atoms with Crippen molar-refractivity contribution < 1.29 is 13.2 Å². The van der Waals surface area contributed by atoms with E-state index in [1.54, 1.807) is 0 Å². The smallest absolute Gasteiger partial charge is 0.245 e. The molecule has 1 unspecified atom stereocenters. The fraction of sp³-hybridized carbons (Fsp3) is 1.00. The van der Waals surface area contributed by atoms with Crippen LogP contribution in [0.5, 0.6) is 0 Å². The van der Waals surface area contributed by atoms with Crippen molar-refractivity contribution in [2.24, 2.45) is 0 Å². The first-order chi connectivity index (χ1) is 4.88. The quantitative estimate of drug-likeness (QED) is 0.499. The lowest BCUT2D eigenvalue weighted by Gasteiger charge is -2.40. The highest BCUT2D eigenvalue weighted by Gasteiger charge is 2.55. The van der Waals surface area contributed by atoms with Crippen LogP contribution in [0.1, 0.15) is 19.8 Å². The van der Waals surface area contributed by atoms with Gasteiger partial charge in [-0.05, 0) is 26.8 Å². The van der Waals surface area contributed by atoms with E-state index in [1.807, 2.05) is 0 Å². The van der Waals surface area contributed by atoms with E-state index < -0.39 is 11.7 Å². The maximum Gasteiger partial charge on any atom is 0.338 e. The second-order valence-corrected chi connectivity index (χ2v) is 3.26. The Hall–Kier alpha value is -0.250. The maximum absolute atomic E-state index is 13.1. The number of alkyl halides is 3. The number of piperidine rings is 1. The lowest BCUT2D eigenvalue weighted by atomic mass is 9.94. The molecule has 1 saturated heterocycles. The van der Waals surface area contributed by atoms with Crippen molar-refractivity contribution in [1.29, 1.82) is 0 Å². The molecule has 0 saturated carbocycles. The van der Waals surface area contributed by atoms with Crippen LogP contribution in [-0.2, 0) is 0 Å². The van der Waals surface area contributed by atoms with Crippen molar-refractivity contribution in [3.8, 4) is 0 Å². The third kappa shape index (κ3) is 1.24. The number of nitrogens with zero attached hydrogens (tertiary/aromatic N) is 1. The second-order valence-electron chi connectivity index (χ2n) is 3.26. The number of likely N-dealkylation sites (tertiary alicyclic amines) is 1. The van der Waals surface area contributed by atoms with Crippen LogP contribution in [0.25, 0.3) is 0 Å². The molecule has 0 radical (unpaired) electrons. The lowest BCUT2D eigenvalue weighted by Crippen LogP contribution is -2.57. The summed E-state index contributed by atoms with van der Waals surface area (Å²) in [5, 5.41) is 0. The van der Waals surface area contributed by atoms with Crippen molar-refractivity contribution in [2.45, 2.75) is 31.5 Å². The van der Waals surface area contributed by atoms with E-state index in [4.69, 9.17) is 0 Å². The summed E-state index contributed by atoms with van der Waals surface area (Å²) in [6.07, 6.45) is 0.448. The van der Waals surface area contributed by atoms with Gasteiger partial charge in [-0.3, -0.25) is 0 Å². The molecule has 4 heteroatoms. The van der Waals surface area contributed by atoms with Crippen LogP contribution in [-0.4, -0.2) is 30.2 Å². The molecular formula is C7H12F3N. The first kappa shape index (κ1) is 8.84. The Balaban J connectivity index is 2.82. The van der Waals surface area contributed by atoms with E-state index in [2.05, 4.69) is 0 Å². The van der Waals surface area contributed by atoms with Gasteiger partial charge in [-0.15, -0.1) is 0 Å². The van der Waals surface area contributed by atoms with Crippen molar-refractivity contribution in [1.82, 2.24) is 4.90 Å². The Morgan fingerprint density at radius 1 is 1.27 bits per heavy atom. The molecule has 0 bridgehead atoms. The minimum Gasteiger partial charge on any atom is -0.245 e. The van der Waals surface area contributed by atoms with Gasteiger partial charge in [0.2, 0.25) is 0 Å². The highest BCUT2D eigenvalue weighted by molar-refractivity contribution is 4.92. The maximum atomic E-state index is 13.1. The first-order valence-electron chi connectivity index (χ1n) is 3.66. The molecule has 66 valence electrons. The Morgan fingerprint density at radius 2 is 1.82 bits per heavy atom. The summed E-state index contributed by atoms with van der Waals surface area (Å²) in [6, 6.07) is -3.30. The Kier molecular flexibility index (Phi) is 1.90. The summed E-state index contributed by atoms with van der Waals surface area (Å²) < 4.78 is 39.0. The van der Waals surface area contributed by atoms with Gasteiger partial charge < -0.3 is 0 Å². The van der Waals surface area contributed by atoms with Gasteiger partial charge in [0.15, 0.2) is 5.67 Å².